The molecule has 0 bridgehead atoms. The van der Waals surface area contributed by atoms with Crippen LogP contribution in [0, 0.1) is 0 Å². The number of aliphatic hydroxyl groups excluding tert-OH is 1. The van der Waals surface area contributed by atoms with E-state index in [9.17, 15) is 9.90 Å². The van der Waals surface area contributed by atoms with Gasteiger partial charge in [-0.15, -0.1) is 0 Å². The van der Waals surface area contributed by atoms with Crippen LogP contribution >= 0.6 is 0 Å². The molecule has 3 rings (SSSR count). The zero-order chi connectivity index (χ0) is 17.8. The lowest BCUT2D eigenvalue weighted by Crippen LogP contribution is -2.52. The van der Waals surface area contributed by atoms with Gasteiger partial charge in [0.1, 0.15) is 0 Å². The summed E-state index contributed by atoms with van der Waals surface area (Å²) in [5.41, 5.74) is 1.75. The molecule has 2 unspecified atom stereocenters. The molecular weight excluding hydrogens is 314 g/mol. The highest BCUT2D eigenvalue weighted by atomic mass is 16.3. The Balaban J connectivity index is 1.52. The molecule has 5 heteroatoms. The Kier molecular flexibility index (Phi) is 5.97. The molecule has 1 aromatic rings. The molecule has 1 saturated heterocycles. The van der Waals surface area contributed by atoms with Crippen molar-refractivity contribution in [1.29, 1.82) is 0 Å². The van der Waals surface area contributed by atoms with Crippen LogP contribution in [0.15, 0.2) is 24.3 Å². The number of nitrogens with zero attached hydrogens (tertiary/aromatic N) is 2. The number of amides is 1. The van der Waals surface area contributed by atoms with Crippen LogP contribution in [0.4, 0.5) is 5.69 Å². The molecule has 1 aliphatic carbocycles. The second kappa shape index (κ2) is 8.19. The summed E-state index contributed by atoms with van der Waals surface area (Å²) in [6.45, 7) is 1.93. The minimum Gasteiger partial charge on any atom is -0.391 e. The van der Waals surface area contributed by atoms with E-state index in [2.05, 4.69) is 10.2 Å². The van der Waals surface area contributed by atoms with E-state index in [1.165, 1.54) is 6.42 Å². The Bertz CT molecular complexity index is 582. The van der Waals surface area contributed by atoms with Crippen LogP contribution in [0.25, 0.3) is 0 Å². The lowest BCUT2D eigenvalue weighted by molar-refractivity contribution is 0.00727. The molecule has 2 aliphatic rings. The molecule has 0 radical (unpaired) electrons. The molecule has 2 atom stereocenters. The maximum atomic E-state index is 12.5. The summed E-state index contributed by atoms with van der Waals surface area (Å²) in [6, 6.07) is 8.29. The molecule has 138 valence electrons. The highest BCUT2D eigenvalue weighted by Crippen LogP contribution is 2.26. The minimum atomic E-state index is -0.173. The molecule has 1 aromatic carbocycles. The van der Waals surface area contributed by atoms with Gasteiger partial charge in [-0.3, -0.25) is 9.69 Å². The van der Waals surface area contributed by atoms with Gasteiger partial charge in [0.05, 0.1) is 6.10 Å². The minimum absolute atomic E-state index is 0.0138. The topological polar surface area (TPSA) is 55.8 Å². The number of nitrogens with one attached hydrogen (secondary N) is 1. The predicted molar refractivity (Wildman–Crippen MR) is 101 cm³/mol. The first-order valence-corrected chi connectivity index (χ1v) is 9.55. The first-order chi connectivity index (χ1) is 12.0. The van der Waals surface area contributed by atoms with Crippen molar-refractivity contribution in [2.24, 2.45) is 0 Å². The molecule has 25 heavy (non-hydrogen) atoms. The third kappa shape index (κ3) is 4.53. The number of anilines is 1. The number of aliphatic hydroxyl groups is 1. The van der Waals surface area contributed by atoms with Gasteiger partial charge in [-0.1, -0.05) is 18.9 Å². The zero-order valence-electron chi connectivity index (χ0n) is 15.4. The fraction of sp³-hybridized carbons (Fsp3) is 0.650. The Morgan fingerprint density at radius 3 is 2.56 bits per heavy atom. The average Bonchev–Trinajstić information content (AvgIpc) is 2.63. The molecule has 2 fully saturated rings. The summed E-state index contributed by atoms with van der Waals surface area (Å²) in [5, 5.41) is 13.4. The summed E-state index contributed by atoms with van der Waals surface area (Å²) >= 11 is 0. The van der Waals surface area contributed by atoms with Crippen molar-refractivity contribution < 1.29 is 9.90 Å². The van der Waals surface area contributed by atoms with Gasteiger partial charge in [-0.05, 0) is 43.9 Å². The van der Waals surface area contributed by atoms with Crippen molar-refractivity contribution in [2.45, 2.75) is 56.7 Å². The second-order valence-corrected chi connectivity index (χ2v) is 7.65. The summed E-state index contributed by atoms with van der Waals surface area (Å²) in [7, 11) is 3.96. The van der Waals surface area contributed by atoms with Crippen molar-refractivity contribution in [3.05, 3.63) is 29.8 Å². The average molecular weight is 345 g/mol. The summed E-state index contributed by atoms with van der Waals surface area (Å²) in [5.74, 6) is 0.0138. The first-order valence-electron chi connectivity index (χ1n) is 9.55. The van der Waals surface area contributed by atoms with Gasteiger partial charge < -0.3 is 15.3 Å². The van der Waals surface area contributed by atoms with E-state index in [1.807, 2.05) is 43.3 Å². The molecule has 1 amide bonds. The molecule has 1 aliphatic heterocycles. The van der Waals surface area contributed by atoms with E-state index < -0.39 is 0 Å². The molecule has 1 saturated carbocycles. The molecule has 0 spiro atoms. The van der Waals surface area contributed by atoms with Gasteiger partial charge in [0, 0.05) is 50.5 Å². The zero-order valence-corrected chi connectivity index (χ0v) is 15.4. The lowest BCUT2D eigenvalue weighted by Gasteiger charge is -2.41. The first kappa shape index (κ1) is 18.2. The Morgan fingerprint density at radius 1 is 1.16 bits per heavy atom. The van der Waals surface area contributed by atoms with Gasteiger partial charge in [-0.25, -0.2) is 0 Å². The van der Waals surface area contributed by atoms with E-state index in [4.69, 9.17) is 0 Å². The summed E-state index contributed by atoms with van der Waals surface area (Å²) < 4.78 is 0. The van der Waals surface area contributed by atoms with E-state index in [1.54, 1.807) is 0 Å². The molecule has 1 heterocycles. The van der Waals surface area contributed by atoms with E-state index in [0.29, 0.717) is 6.04 Å². The highest BCUT2D eigenvalue weighted by Gasteiger charge is 2.31. The summed E-state index contributed by atoms with van der Waals surface area (Å²) in [6.07, 6.45) is 6.16. The smallest absolute Gasteiger partial charge is 0.251 e. The van der Waals surface area contributed by atoms with Crippen LogP contribution in [-0.4, -0.2) is 61.3 Å². The Morgan fingerprint density at radius 2 is 1.88 bits per heavy atom. The van der Waals surface area contributed by atoms with Crippen LogP contribution in [0.5, 0.6) is 0 Å². The van der Waals surface area contributed by atoms with Crippen molar-refractivity contribution in [3.8, 4) is 0 Å². The molecule has 5 nitrogen and oxygen atoms in total. The van der Waals surface area contributed by atoms with Gasteiger partial charge in [0.15, 0.2) is 0 Å². The third-order valence-electron chi connectivity index (χ3n) is 5.65. The fourth-order valence-corrected chi connectivity index (χ4v) is 4.09. The van der Waals surface area contributed by atoms with E-state index in [-0.39, 0.29) is 18.1 Å². The maximum Gasteiger partial charge on any atom is 0.251 e. The largest absolute Gasteiger partial charge is 0.391 e. The van der Waals surface area contributed by atoms with Crippen LogP contribution in [0.3, 0.4) is 0 Å². The second-order valence-electron chi connectivity index (χ2n) is 7.65. The fourth-order valence-electron chi connectivity index (χ4n) is 4.09. The number of likely N-dealkylation sites (tertiary alicyclic amines) is 1. The van der Waals surface area contributed by atoms with Crippen LogP contribution in [-0.2, 0) is 0 Å². The molecule has 2 N–H and O–H groups in total. The Hall–Kier alpha value is -1.59. The van der Waals surface area contributed by atoms with Crippen molar-refractivity contribution >= 4 is 11.6 Å². The monoisotopic (exact) mass is 345 g/mol. The van der Waals surface area contributed by atoms with E-state index in [0.717, 1.165) is 56.4 Å². The quantitative estimate of drug-likeness (QED) is 0.879. The van der Waals surface area contributed by atoms with Gasteiger partial charge in [0.2, 0.25) is 0 Å². The number of hydrogen-bond donors (Lipinski definition) is 2. The van der Waals surface area contributed by atoms with Crippen molar-refractivity contribution in [1.82, 2.24) is 10.2 Å². The number of carbonyl (C=O) groups excluding carboxylic acids is 1. The lowest BCUT2D eigenvalue weighted by atomic mass is 9.89. The normalized spacial score (nSPS) is 25.6. The third-order valence-corrected chi connectivity index (χ3v) is 5.65. The highest BCUT2D eigenvalue weighted by molar-refractivity contribution is 5.95. The number of rotatable bonds is 4. The Labute approximate surface area is 151 Å². The van der Waals surface area contributed by atoms with Crippen molar-refractivity contribution in [3.63, 3.8) is 0 Å². The molecule has 0 aromatic heterocycles. The van der Waals surface area contributed by atoms with Crippen LogP contribution in [0.1, 0.15) is 48.9 Å². The standard InChI is InChI=1S/C20H31N3O2/c1-22(2)17-7-5-6-15(14-17)20(25)21-16-10-12-23(13-11-16)18-8-3-4-9-19(18)24/h5-7,14,16,18-19,24H,3-4,8-13H2,1-2H3,(H,21,25). The van der Waals surface area contributed by atoms with Gasteiger partial charge in [0.25, 0.3) is 5.91 Å². The number of hydrogen-bond acceptors (Lipinski definition) is 4. The summed E-state index contributed by atoms with van der Waals surface area (Å²) in [4.78, 5) is 17.0. The van der Waals surface area contributed by atoms with E-state index >= 15 is 0 Å². The number of benzene rings is 1. The molecular formula is C20H31N3O2. The van der Waals surface area contributed by atoms with Crippen LogP contribution < -0.4 is 10.2 Å². The SMILES string of the molecule is CN(C)c1cccc(C(=O)NC2CCN(C3CCCCC3O)CC2)c1. The van der Waals surface area contributed by atoms with Gasteiger partial charge in [-0.2, -0.15) is 0 Å². The number of carbonyl (C=O) groups is 1. The predicted octanol–water partition coefficient (Wildman–Crippen LogP) is 2.25. The maximum absolute atomic E-state index is 12.5. The van der Waals surface area contributed by atoms with Gasteiger partial charge >= 0.3 is 0 Å². The van der Waals surface area contributed by atoms with Crippen LogP contribution in [0.2, 0.25) is 0 Å². The number of piperidine rings is 1. The van der Waals surface area contributed by atoms with Crippen molar-refractivity contribution in [2.75, 3.05) is 32.1 Å².